The minimum Gasteiger partial charge on any atom is -0.496 e. The van der Waals surface area contributed by atoms with Crippen LogP contribution in [0.25, 0.3) is 21.5 Å². The number of amides is 1. The van der Waals surface area contributed by atoms with Crippen LogP contribution in [-0.2, 0) is 0 Å². The van der Waals surface area contributed by atoms with E-state index in [1.165, 1.54) is 18.4 Å². The molecular weight excluding hydrogens is 400 g/mol. The number of carbonyl (C=O) groups is 1. The van der Waals surface area contributed by atoms with Gasteiger partial charge in [-0.05, 0) is 37.5 Å². The predicted molar refractivity (Wildman–Crippen MR) is 111 cm³/mol. The summed E-state index contributed by atoms with van der Waals surface area (Å²) in [5.74, 6) is 1.00. The number of ether oxygens (including phenoxy) is 2. The van der Waals surface area contributed by atoms with Crippen LogP contribution in [0.5, 0.6) is 11.5 Å². The van der Waals surface area contributed by atoms with Crippen LogP contribution in [0.15, 0.2) is 12.1 Å². The molecule has 4 rings (SSSR count). The smallest absolute Gasteiger partial charge is 0.265 e. The van der Waals surface area contributed by atoms with Crippen molar-refractivity contribution in [2.45, 2.75) is 25.8 Å². The summed E-state index contributed by atoms with van der Waals surface area (Å²) in [6.45, 7) is 1.91. The van der Waals surface area contributed by atoms with Gasteiger partial charge in [0.25, 0.3) is 5.91 Å². The molecule has 7 nitrogen and oxygen atoms in total. The molecule has 0 aliphatic heterocycles. The van der Waals surface area contributed by atoms with Crippen molar-refractivity contribution in [2.24, 2.45) is 0 Å². The molecule has 0 unspecified atom stereocenters. The first-order valence-corrected chi connectivity index (χ1v) is 9.91. The largest absolute Gasteiger partial charge is 0.496 e. The number of aryl methyl sites for hydroxylation is 1. The molecule has 9 heteroatoms. The van der Waals surface area contributed by atoms with Crippen molar-refractivity contribution in [3.8, 4) is 22.8 Å². The van der Waals surface area contributed by atoms with Crippen LogP contribution in [0, 0.1) is 6.92 Å². The lowest BCUT2D eigenvalue weighted by Crippen LogP contribution is -2.24. The van der Waals surface area contributed by atoms with Gasteiger partial charge in [-0.3, -0.25) is 4.79 Å². The lowest BCUT2D eigenvalue weighted by molar-refractivity contribution is 0.0952. The Morgan fingerprint density at radius 2 is 2.04 bits per heavy atom. The van der Waals surface area contributed by atoms with Gasteiger partial charge in [0.2, 0.25) is 5.95 Å². The van der Waals surface area contributed by atoms with E-state index in [4.69, 9.17) is 26.8 Å². The number of hydrogen-bond donors (Lipinski definition) is 2. The third kappa shape index (κ3) is 3.22. The van der Waals surface area contributed by atoms with E-state index in [1.807, 2.05) is 6.92 Å². The number of nitrogens with zero attached hydrogens (tertiary/aromatic N) is 2. The Bertz CT molecular complexity index is 1090. The molecule has 1 aliphatic carbocycles. The third-order valence-electron chi connectivity index (χ3n) is 4.59. The predicted octanol–water partition coefficient (Wildman–Crippen LogP) is 3.81. The normalized spacial score (nSPS) is 13.6. The van der Waals surface area contributed by atoms with E-state index in [0.29, 0.717) is 42.9 Å². The van der Waals surface area contributed by atoms with Gasteiger partial charge in [0.05, 0.1) is 30.3 Å². The van der Waals surface area contributed by atoms with Crippen LogP contribution in [0.3, 0.4) is 0 Å². The average Bonchev–Trinajstić information content (AvgIpc) is 3.38. The second kappa shape index (κ2) is 7.10. The number of nitrogens with one attached hydrogen (secondary N) is 1. The minimum atomic E-state index is -0.181. The second-order valence-electron chi connectivity index (χ2n) is 6.62. The minimum absolute atomic E-state index is 0.0937. The summed E-state index contributed by atoms with van der Waals surface area (Å²) in [4.78, 5) is 22.4. The highest BCUT2D eigenvalue weighted by Crippen LogP contribution is 2.44. The summed E-state index contributed by atoms with van der Waals surface area (Å²) in [5.41, 5.74) is 7.99. The molecule has 1 amide bonds. The van der Waals surface area contributed by atoms with E-state index in [2.05, 4.69) is 15.3 Å². The first-order valence-electron chi connectivity index (χ1n) is 8.72. The van der Waals surface area contributed by atoms with Crippen LogP contribution in [-0.4, -0.2) is 36.1 Å². The number of rotatable bonds is 5. The van der Waals surface area contributed by atoms with Gasteiger partial charge in [0.1, 0.15) is 15.5 Å². The number of halogens is 1. The van der Waals surface area contributed by atoms with E-state index in [9.17, 15) is 4.79 Å². The Balaban J connectivity index is 1.96. The maximum atomic E-state index is 12.7. The van der Waals surface area contributed by atoms with Gasteiger partial charge in [0, 0.05) is 11.6 Å². The number of aromatic nitrogens is 2. The third-order valence-corrected chi connectivity index (χ3v) is 5.96. The number of anilines is 1. The fraction of sp³-hybridized carbons (Fsp3) is 0.316. The molecule has 1 fully saturated rings. The van der Waals surface area contributed by atoms with Crippen molar-refractivity contribution >= 4 is 45.0 Å². The van der Waals surface area contributed by atoms with Gasteiger partial charge in [-0.1, -0.05) is 11.6 Å². The van der Waals surface area contributed by atoms with Crippen LogP contribution in [0.1, 0.15) is 28.1 Å². The Hall–Kier alpha value is -2.58. The second-order valence-corrected chi connectivity index (χ2v) is 8.03. The van der Waals surface area contributed by atoms with Crippen LogP contribution in [0.2, 0.25) is 5.02 Å². The molecule has 2 heterocycles. The topological polar surface area (TPSA) is 99.4 Å². The highest BCUT2D eigenvalue weighted by Gasteiger charge is 2.29. The Morgan fingerprint density at radius 3 is 2.68 bits per heavy atom. The molecule has 0 spiro atoms. The van der Waals surface area contributed by atoms with Crippen LogP contribution >= 0.6 is 22.9 Å². The number of hydrogen-bond acceptors (Lipinski definition) is 7. The van der Waals surface area contributed by atoms with Crippen molar-refractivity contribution < 1.29 is 14.3 Å². The average molecular weight is 419 g/mol. The number of carbonyl (C=O) groups excluding carboxylic acids is 1. The molecule has 0 radical (unpaired) electrons. The lowest BCUT2D eigenvalue weighted by Gasteiger charge is -2.12. The zero-order valence-corrected chi connectivity index (χ0v) is 17.2. The Kier molecular flexibility index (Phi) is 4.76. The number of nitrogens with two attached hydrogens (primary N) is 1. The van der Waals surface area contributed by atoms with Gasteiger partial charge in [-0.15, -0.1) is 11.3 Å². The molecule has 1 aromatic carbocycles. The van der Waals surface area contributed by atoms with Crippen molar-refractivity contribution in [3.63, 3.8) is 0 Å². The highest BCUT2D eigenvalue weighted by molar-refractivity contribution is 7.21. The number of benzene rings is 1. The molecule has 3 N–H and O–H groups in total. The summed E-state index contributed by atoms with van der Waals surface area (Å²) in [6, 6.07) is 3.84. The molecule has 1 aliphatic rings. The molecule has 0 atom stereocenters. The fourth-order valence-corrected chi connectivity index (χ4v) is 4.43. The summed E-state index contributed by atoms with van der Waals surface area (Å²) in [5, 5.41) is 4.08. The molecule has 2 aromatic heterocycles. The zero-order valence-electron chi connectivity index (χ0n) is 15.6. The van der Waals surface area contributed by atoms with Crippen molar-refractivity contribution in [1.29, 1.82) is 0 Å². The van der Waals surface area contributed by atoms with Gasteiger partial charge in [-0.2, -0.15) is 0 Å². The number of methoxy groups -OCH3 is 2. The van der Waals surface area contributed by atoms with Gasteiger partial charge in [-0.25, -0.2) is 9.97 Å². The fourth-order valence-electron chi connectivity index (χ4n) is 3.06. The Morgan fingerprint density at radius 1 is 1.29 bits per heavy atom. The number of thiophene rings is 1. The monoisotopic (exact) mass is 418 g/mol. The van der Waals surface area contributed by atoms with Gasteiger partial charge in [0.15, 0.2) is 5.75 Å². The SMILES string of the molecule is COc1cc(-c2nc(N)nc3sc(C(=O)NC4CC4)c(OC)c23)c(Cl)cc1C. The van der Waals surface area contributed by atoms with E-state index in [1.54, 1.807) is 19.2 Å². The summed E-state index contributed by atoms with van der Waals surface area (Å²) in [7, 11) is 3.11. The number of nitrogen functional groups attached to an aromatic ring is 1. The van der Waals surface area contributed by atoms with Crippen LogP contribution < -0.4 is 20.5 Å². The first kappa shape index (κ1) is 18.8. The molecule has 0 bridgehead atoms. The van der Waals surface area contributed by atoms with E-state index >= 15 is 0 Å². The molecule has 0 saturated heterocycles. The lowest BCUT2D eigenvalue weighted by atomic mass is 10.1. The summed E-state index contributed by atoms with van der Waals surface area (Å²) in [6.07, 6.45) is 1.99. The summed E-state index contributed by atoms with van der Waals surface area (Å²) < 4.78 is 11.0. The maximum Gasteiger partial charge on any atom is 0.265 e. The quantitative estimate of drug-likeness (QED) is 0.653. The van der Waals surface area contributed by atoms with Crippen molar-refractivity contribution in [3.05, 3.63) is 27.6 Å². The standard InChI is InChI=1S/C19H19ClN4O3S/c1-8-6-11(20)10(7-12(8)26-2)14-13-15(27-3)16(17(25)22-9-4-5-9)28-18(13)24-19(21)23-14/h6-7,9H,4-5H2,1-3H3,(H,22,25)(H2,21,23,24). The van der Waals surface area contributed by atoms with Gasteiger partial charge < -0.3 is 20.5 Å². The van der Waals surface area contributed by atoms with E-state index in [0.717, 1.165) is 18.4 Å². The van der Waals surface area contributed by atoms with E-state index < -0.39 is 0 Å². The molecule has 1 saturated carbocycles. The van der Waals surface area contributed by atoms with E-state index in [-0.39, 0.29) is 17.9 Å². The van der Waals surface area contributed by atoms with Crippen molar-refractivity contribution in [1.82, 2.24) is 15.3 Å². The van der Waals surface area contributed by atoms with Crippen LogP contribution in [0.4, 0.5) is 5.95 Å². The zero-order chi connectivity index (χ0) is 20.0. The Labute approximate surface area is 170 Å². The first-order chi connectivity index (χ1) is 13.4. The van der Waals surface area contributed by atoms with Crippen molar-refractivity contribution in [2.75, 3.05) is 20.0 Å². The maximum absolute atomic E-state index is 12.7. The molecule has 146 valence electrons. The molecule has 3 aromatic rings. The molecular formula is C19H19ClN4O3S. The number of fused-ring (bicyclic) bond motifs is 1. The molecule has 28 heavy (non-hydrogen) atoms. The summed E-state index contributed by atoms with van der Waals surface area (Å²) >= 11 is 7.74. The highest BCUT2D eigenvalue weighted by atomic mass is 35.5. The van der Waals surface area contributed by atoms with Gasteiger partial charge >= 0.3 is 0 Å².